The van der Waals surface area contributed by atoms with Gasteiger partial charge in [0.1, 0.15) is 6.61 Å². The van der Waals surface area contributed by atoms with E-state index >= 15 is 0 Å². The Morgan fingerprint density at radius 1 is 0.537 bits per heavy atom. The highest BCUT2D eigenvalue weighted by Gasteiger charge is 2.16. The van der Waals surface area contributed by atoms with Gasteiger partial charge in [0.2, 0.25) is 17.7 Å². The molecular formula is C38H82N10O4S2. The van der Waals surface area contributed by atoms with Gasteiger partial charge in [0.25, 0.3) is 0 Å². The molecule has 14 nitrogen and oxygen atoms in total. The third-order valence-electron chi connectivity index (χ3n) is 9.06. The molecule has 1 atom stereocenters. The predicted molar refractivity (Wildman–Crippen MR) is 231 cm³/mol. The summed E-state index contributed by atoms with van der Waals surface area (Å²) in [5, 5.41) is 15.4. The molecule has 0 bridgehead atoms. The van der Waals surface area contributed by atoms with Gasteiger partial charge in [-0.25, -0.2) is 0 Å². The molecule has 3 amide bonds. The van der Waals surface area contributed by atoms with Crippen molar-refractivity contribution in [2.45, 2.75) is 76.7 Å². The summed E-state index contributed by atoms with van der Waals surface area (Å²) in [4.78, 5) is 46.2. The molecule has 0 fully saturated rings. The van der Waals surface area contributed by atoms with Gasteiger partial charge in [0.05, 0.1) is 17.6 Å². The van der Waals surface area contributed by atoms with E-state index in [2.05, 4.69) is 74.4 Å². The third kappa shape index (κ3) is 36.4. The smallest absolute Gasteiger partial charge is 0.246 e. The Labute approximate surface area is 338 Å². The van der Waals surface area contributed by atoms with Crippen LogP contribution >= 0.6 is 21.6 Å². The van der Waals surface area contributed by atoms with Crippen molar-refractivity contribution in [1.29, 1.82) is 0 Å². The highest BCUT2D eigenvalue weighted by atomic mass is 33.1. The van der Waals surface area contributed by atoms with Gasteiger partial charge < -0.3 is 56.7 Å². The molecule has 0 aromatic heterocycles. The maximum absolute atomic E-state index is 12.4. The predicted octanol–water partition coefficient (Wildman–Crippen LogP) is 1.52. The number of carbonyl (C=O) groups is 3. The van der Waals surface area contributed by atoms with Crippen molar-refractivity contribution in [2.75, 3.05) is 152 Å². The van der Waals surface area contributed by atoms with Crippen LogP contribution in [-0.4, -0.2) is 195 Å². The molecule has 0 saturated heterocycles. The van der Waals surface area contributed by atoms with Crippen LogP contribution < -0.4 is 32.3 Å². The number of unbranched alkanes of at least 4 members (excludes halogenated alkanes) is 4. The Balaban J connectivity index is 4.07. The number of nitrogens with one attached hydrogen (secondary N) is 5. The molecule has 16 heteroatoms. The summed E-state index contributed by atoms with van der Waals surface area (Å²) in [6, 6.07) is 0. The van der Waals surface area contributed by atoms with Crippen LogP contribution in [0.1, 0.15) is 70.6 Å². The Kier molecular flexibility index (Phi) is 37.8. The summed E-state index contributed by atoms with van der Waals surface area (Å²) < 4.78 is 6.11. The summed E-state index contributed by atoms with van der Waals surface area (Å²) in [6.07, 6.45) is 11.3. The molecule has 320 valence electrons. The summed E-state index contributed by atoms with van der Waals surface area (Å²) in [7, 11) is 15.3. The summed E-state index contributed by atoms with van der Waals surface area (Å²) in [6.45, 7) is 12.5. The van der Waals surface area contributed by atoms with Gasteiger partial charge in [0, 0.05) is 32.7 Å². The van der Waals surface area contributed by atoms with E-state index in [1.165, 1.54) is 40.9 Å². The average Bonchev–Trinajstić information content (AvgIpc) is 3.15. The van der Waals surface area contributed by atoms with Gasteiger partial charge in [-0.3, -0.25) is 14.4 Å². The molecule has 0 aliphatic rings. The Morgan fingerprint density at radius 3 is 1.48 bits per heavy atom. The minimum atomic E-state index is -0.0634. The molecule has 1 unspecified atom stereocenters. The van der Waals surface area contributed by atoms with Crippen LogP contribution in [0.25, 0.3) is 0 Å². The van der Waals surface area contributed by atoms with E-state index in [0.717, 1.165) is 123 Å². The zero-order valence-electron chi connectivity index (χ0n) is 35.2. The van der Waals surface area contributed by atoms with E-state index < -0.39 is 0 Å². The van der Waals surface area contributed by atoms with Crippen molar-refractivity contribution in [3.8, 4) is 0 Å². The van der Waals surface area contributed by atoms with E-state index in [0.29, 0.717) is 31.1 Å². The fraction of sp³-hybridized carbons (Fsp3) is 0.921. The lowest BCUT2D eigenvalue weighted by Crippen LogP contribution is -2.38. The summed E-state index contributed by atoms with van der Waals surface area (Å²) in [5.74, 6) is 0.611. The average molecular weight is 807 g/mol. The number of hydrogen-bond acceptors (Lipinski definition) is 13. The second-order valence-electron chi connectivity index (χ2n) is 14.5. The SMILES string of the molecule is CNCCCN(C)CCCCN(C)CCCNC(=O)CSSCC(=O)NCCCN(C)CCC(CN(C)CCCNC)OCC(=O)NCCCCCCN. The van der Waals surface area contributed by atoms with Crippen molar-refractivity contribution in [3.05, 3.63) is 0 Å². The topological polar surface area (TPSA) is 160 Å². The molecule has 0 saturated carbocycles. The molecule has 54 heavy (non-hydrogen) atoms. The van der Waals surface area contributed by atoms with Gasteiger partial charge in [-0.05, 0) is 159 Å². The van der Waals surface area contributed by atoms with E-state index in [-0.39, 0.29) is 30.4 Å². The number of ether oxygens (including phenoxy) is 1. The largest absolute Gasteiger partial charge is 0.367 e. The first-order valence-corrected chi connectivity index (χ1v) is 23.0. The normalized spacial score (nSPS) is 12.3. The van der Waals surface area contributed by atoms with E-state index in [1.807, 2.05) is 14.1 Å². The number of likely N-dealkylation sites (N-methyl/N-ethyl adjacent to an activating group) is 1. The van der Waals surface area contributed by atoms with Crippen LogP contribution in [0.3, 0.4) is 0 Å². The summed E-state index contributed by atoms with van der Waals surface area (Å²) >= 11 is 0. The van der Waals surface area contributed by atoms with Crippen molar-refractivity contribution < 1.29 is 19.1 Å². The van der Waals surface area contributed by atoms with Crippen LogP contribution in [0, 0.1) is 0 Å². The van der Waals surface area contributed by atoms with Crippen LogP contribution in [0.4, 0.5) is 0 Å². The van der Waals surface area contributed by atoms with Gasteiger partial charge in [-0.15, -0.1) is 0 Å². The molecule has 0 spiro atoms. The van der Waals surface area contributed by atoms with Gasteiger partial charge in [-0.2, -0.15) is 0 Å². The van der Waals surface area contributed by atoms with E-state index in [1.54, 1.807) is 0 Å². The minimum absolute atomic E-state index is 0.0114. The first kappa shape index (κ1) is 52.8. The minimum Gasteiger partial charge on any atom is -0.367 e. The zero-order valence-corrected chi connectivity index (χ0v) is 36.8. The second kappa shape index (κ2) is 38.7. The highest BCUT2D eigenvalue weighted by molar-refractivity contribution is 8.77. The van der Waals surface area contributed by atoms with E-state index in [9.17, 15) is 14.4 Å². The Morgan fingerprint density at radius 2 is 0.963 bits per heavy atom. The van der Waals surface area contributed by atoms with Gasteiger partial charge in [0.15, 0.2) is 0 Å². The fourth-order valence-corrected chi connectivity index (χ4v) is 7.45. The van der Waals surface area contributed by atoms with Gasteiger partial charge >= 0.3 is 0 Å². The molecule has 0 aromatic rings. The standard InChI is InChI=1S/C38H82N10O4S2/c1-40-19-13-26-45(3)24-11-12-25-46(4)27-15-22-43-37(50)33-53-54-34-38(51)44-23-16-28-47(5)30-17-35(31-48(6)29-14-20-41-2)52-32-36(49)42-21-10-8-7-9-18-39/h35,40-41H,7-34,39H2,1-6H3,(H,42,49)(H,43,50)(H,44,51). The maximum Gasteiger partial charge on any atom is 0.246 e. The maximum atomic E-state index is 12.4. The Hall–Kier alpha value is -1.21. The lowest BCUT2D eigenvalue weighted by atomic mass is 10.2. The zero-order chi connectivity index (χ0) is 40.1. The van der Waals surface area contributed by atoms with Gasteiger partial charge in [-0.1, -0.05) is 34.4 Å². The number of rotatable bonds is 40. The van der Waals surface area contributed by atoms with Crippen molar-refractivity contribution in [2.24, 2.45) is 5.73 Å². The number of nitrogens with two attached hydrogens (primary N) is 1. The lowest BCUT2D eigenvalue weighted by molar-refractivity contribution is -0.128. The molecule has 0 aliphatic heterocycles. The molecule has 0 aliphatic carbocycles. The van der Waals surface area contributed by atoms with E-state index in [4.69, 9.17) is 10.5 Å². The molecule has 7 N–H and O–H groups in total. The molecule has 0 aromatic carbocycles. The summed E-state index contributed by atoms with van der Waals surface area (Å²) in [5.41, 5.74) is 5.55. The second-order valence-corrected chi connectivity index (χ2v) is 17.0. The van der Waals surface area contributed by atoms with Crippen LogP contribution in [0.15, 0.2) is 0 Å². The van der Waals surface area contributed by atoms with Crippen LogP contribution in [0.2, 0.25) is 0 Å². The monoisotopic (exact) mass is 807 g/mol. The number of amides is 3. The van der Waals surface area contributed by atoms with Crippen molar-refractivity contribution in [1.82, 2.24) is 46.2 Å². The molecule has 0 radical (unpaired) electrons. The Bertz CT molecular complexity index is 899. The third-order valence-corrected chi connectivity index (χ3v) is 11.2. The molecule has 0 heterocycles. The number of hydrogen-bond donors (Lipinski definition) is 6. The quantitative estimate of drug-likeness (QED) is 0.0392. The van der Waals surface area contributed by atoms with Crippen LogP contribution in [-0.2, 0) is 19.1 Å². The first-order chi connectivity index (χ1) is 26.1. The van der Waals surface area contributed by atoms with Crippen LogP contribution in [0.5, 0.6) is 0 Å². The van der Waals surface area contributed by atoms with Crippen molar-refractivity contribution in [3.63, 3.8) is 0 Å². The lowest BCUT2D eigenvalue weighted by Gasteiger charge is -2.26. The number of nitrogens with zero attached hydrogens (tertiary/aromatic N) is 4. The van der Waals surface area contributed by atoms with Crippen molar-refractivity contribution >= 4 is 39.3 Å². The number of carbonyl (C=O) groups excluding carboxylic acids is 3. The highest BCUT2D eigenvalue weighted by Crippen LogP contribution is 2.20. The first-order valence-electron chi connectivity index (χ1n) is 20.5. The fourth-order valence-electron chi connectivity index (χ4n) is 5.72. The molecular weight excluding hydrogens is 725 g/mol. The molecule has 0 rings (SSSR count).